The summed E-state index contributed by atoms with van der Waals surface area (Å²) in [5, 5.41) is 19.0. The Balaban J connectivity index is 2.10. The molecule has 120 valence electrons. The van der Waals surface area contributed by atoms with Crippen molar-refractivity contribution in [3.05, 3.63) is 47.7 Å². The maximum absolute atomic E-state index is 11.4. The fourth-order valence-electron chi connectivity index (χ4n) is 2.70. The number of nitrogens with zero attached hydrogens (tertiary/aromatic N) is 2. The van der Waals surface area contributed by atoms with Crippen LogP contribution in [-0.2, 0) is 6.42 Å². The van der Waals surface area contributed by atoms with E-state index >= 15 is 0 Å². The van der Waals surface area contributed by atoms with E-state index in [9.17, 15) is 15.0 Å². The summed E-state index contributed by atoms with van der Waals surface area (Å²) in [6.07, 6.45) is 2.68. The third-order valence-electron chi connectivity index (χ3n) is 3.94. The Morgan fingerprint density at radius 1 is 1.39 bits per heavy atom. The molecule has 0 fully saturated rings. The first-order chi connectivity index (χ1) is 11.2. The second-order valence-corrected chi connectivity index (χ2v) is 5.35. The van der Waals surface area contributed by atoms with Crippen molar-refractivity contribution in [2.75, 3.05) is 18.1 Å². The number of rotatable bonds is 4. The fraction of sp³-hybridized carbons (Fsp3) is 0.294. The van der Waals surface area contributed by atoms with Gasteiger partial charge in [0.05, 0.1) is 18.3 Å². The van der Waals surface area contributed by atoms with E-state index < -0.39 is 5.97 Å². The predicted octanol–water partition coefficient (Wildman–Crippen LogP) is 2.23. The second-order valence-electron chi connectivity index (χ2n) is 5.35. The van der Waals surface area contributed by atoms with E-state index in [-0.39, 0.29) is 24.8 Å². The van der Waals surface area contributed by atoms with Gasteiger partial charge in [-0.05, 0) is 30.2 Å². The molecule has 1 atom stereocenters. The van der Waals surface area contributed by atoms with Crippen LogP contribution >= 0.6 is 0 Å². The van der Waals surface area contributed by atoms with Gasteiger partial charge < -0.3 is 19.8 Å². The molecule has 1 unspecified atom stereocenters. The zero-order chi connectivity index (χ0) is 16.4. The molecule has 0 saturated heterocycles. The molecule has 2 heterocycles. The Hall–Kier alpha value is -2.60. The lowest BCUT2D eigenvalue weighted by atomic mass is 10.1. The highest BCUT2D eigenvalue weighted by Crippen LogP contribution is 2.40. The number of aromatic nitrogens is 1. The zero-order valence-corrected chi connectivity index (χ0v) is 12.8. The van der Waals surface area contributed by atoms with Crippen LogP contribution < -0.4 is 9.64 Å². The highest BCUT2D eigenvalue weighted by Gasteiger charge is 2.31. The molecule has 1 aliphatic heterocycles. The molecule has 23 heavy (non-hydrogen) atoms. The number of pyridine rings is 1. The third-order valence-corrected chi connectivity index (χ3v) is 3.94. The molecular formula is C17H18N2O4. The molecule has 0 aliphatic carbocycles. The number of anilines is 2. The van der Waals surface area contributed by atoms with Crippen LogP contribution in [0.4, 0.5) is 11.5 Å². The van der Waals surface area contributed by atoms with Gasteiger partial charge in [-0.15, -0.1) is 0 Å². The number of aliphatic hydroxyl groups excluding tert-OH is 1. The molecule has 0 saturated carbocycles. The second kappa shape index (κ2) is 6.26. The number of carboxylic acids is 1. The quantitative estimate of drug-likeness (QED) is 0.900. The minimum atomic E-state index is -1.04. The Morgan fingerprint density at radius 3 is 2.83 bits per heavy atom. The highest BCUT2D eigenvalue weighted by molar-refractivity contribution is 5.94. The number of aromatic carboxylic acids is 1. The van der Waals surface area contributed by atoms with E-state index in [0.717, 1.165) is 12.0 Å². The molecule has 0 amide bonds. The first kappa shape index (κ1) is 15.3. The van der Waals surface area contributed by atoms with Crippen LogP contribution in [0.3, 0.4) is 0 Å². The maximum atomic E-state index is 11.4. The number of aliphatic hydroxyl groups is 1. The predicted molar refractivity (Wildman–Crippen MR) is 85.5 cm³/mol. The Morgan fingerprint density at radius 2 is 2.22 bits per heavy atom. The van der Waals surface area contributed by atoms with Gasteiger partial charge in [-0.2, -0.15) is 0 Å². The van der Waals surface area contributed by atoms with Gasteiger partial charge >= 0.3 is 5.97 Å². The van der Waals surface area contributed by atoms with Crippen molar-refractivity contribution in [2.45, 2.75) is 19.4 Å². The molecule has 0 bridgehead atoms. The van der Waals surface area contributed by atoms with Gasteiger partial charge in [-0.25, -0.2) is 9.78 Å². The van der Waals surface area contributed by atoms with E-state index in [0.29, 0.717) is 17.3 Å². The van der Waals surface area contributed by atoms with Crippen LogP contribution in [-0.4, -0.2) is 40.4 Å². The molecule has 3 rings (SSSR count). The number of para-hydroxylation sites is 1. The van der Waals surface area contributed by atoms with Crippen molar-refractivity contribution in [3.63, 3.8) is 0 Å². The zero-order valence-electron chi connectivity index (χ0n) is 12.8. The van der Waals surface area contributed by atoms with Gasteiger partial charge in [0.25, 0.3) is 0 Å². The summed E-state index contributed by atoms with van der Waals surface area (Å²) in [7, 11) is 0. The number of carbonyl (C=O) groups is 1. The number of hydrogen-bond acceptors (Lipinski definition) is 5. The average molecular weight is 314 g/mol. The minimum Gasteiger partial charge on any atom is -0.488 e. The van der Waals surface area contributed by atoms with Crippen molar-refractivity contribution in [2.24, 2.45) is 0 Å². The number of benzene rings is 1. The molecule has 6 heteroatoms. The summed E-state index contributed by atoms with van der Waals surface area (Å²) in [4.78, 5) is 17.7. The molecule has 2 N–H and O–H groups in total. The number of carboxylic acid groups (broad SMARTS) is 1. The van der Waals surface area contributed by atoms with Gasteiger partial charge in [-0.3, -0.25) is 0 Å². The van der Waals surface area contributed by atoms with Gasteiger partial charge in [0.15, 0.2) is 5.75 Å². The lowest BCUT2D eigenvalue weighted by Crippen LogP contribution is -2.43. The molecule has 2 aromatic rings. The van der Waals surface area contributed by atoms with E-state index in [2.05, 4.69) is 11.9 Å². The van der Waals surface area contributed by atoms with Crippen molar-refractivity contribution in [1.82, 2.24) is 4.98 Å². The maximum Gasteiger partial charge on any atom is 0.339 e. The Labute approximate surface area is 134 Å². The third kappa shape index (κ3) is 2.73. The first-order valence-electron chi connectivity index (χ1n) is 7.49. The molecule has 6 nitrogen and oxygen atoms in total. The van der Waals surface area contributed by atoms with Crippen LogP contribution in [0.1, 0.15) is 22.8 Å². The van der Waals surface area contributed by atoms with E-state index in [4.69, 9.17) is 4.74 Å². The van der Waals surface area contributed by atoms with E-state index in [1.165, 1.54) is 6.07 Å². The number of aryl methyl sites for hydroxylation is 1. The Kier molecular flexibility index (Phi) is 4.16. The van der Waals surface area contributed by atoms with Crippen LogP contribution in [0.5, 0.6) is 5.75 Å². The Bertz CT molecular complexity index is 715. The molecule has 1 aromatic carbocycles. The average Bonchev–Trinajstić information content (AvgIpc) is 2.60. The summed E-state index contributed by atoms with van der Waals surface area (Å²) in [5.41, 5.74) is 1.82. The van der Waals surface area contributed by atoms with Crippen LogP contribution in [0, 0.1) is 0 Å². The van der Waals surface area contributed by atoms with E-state index in [1.807, 2.05) is 17.0 Å². The number of ether oxygens (including phenoxy) is 1. The smallest absolute Gasteiger partial charge is 0.339 e. The van der Waals surface area contributed by atoms with Crippen LogP contribution in [0.25, 0.3) is 0 Å². The summed E-state index contributed by atoms with van der Waals surface area (Å²) >= 11 is 0. The van der Waals surface area contributed by atoms with Gasteiger partial charge in [-0.1, -0.05) is 19.1 Å². The van der Waals surface area contributed by atoms with E-state index in [1.54, 1.807) is 18.3 Å². The van der Waals surface area contributed by atoms with Gasteiger partial charge in [0, 0.05) is 6.20 Å². The summed E-state index contributed by atoms with van der Waals surface area (Å²) in [5.74, 6) is -0.0713. The molecule has 0 radical (unpaired) electrons. The van der Waals surface area contributed by atoms with Crippen LogP contribution in [0.15, 0.2) is 36.5 Å². The SMILES string of the molecule is CCc1ccc(N2c3cccc(C(=O)O)c3OCC2CO)nc1. The standard InChI is InChI=1S/C17H18N2O4/c1-2-11-6-7-15(18-8-11)19-12(9-20)10-23-16-13(17(21)22)4-3-5-14(16)19/h3-8,12,20H,2,9-10H2,1H3,(H,21,22). The van der Waals surface area contributed by atoms with Crippen molar-refractivity contribution >= 4 is 17.5 Å². The normalized spacial score (nSPS) is 16.6. The molecule has 1 aliphatic rings. The van der Waals surface area contributed by atoms with Crippen LogP contribution in [0.2, 0.25) is 0 Å². The monoisotopic (exact) mass is 314 g/mol. The highest BCUT2D eigenvalue weighted by atomic mass is 16.5. The summed E-state index contributed by atoms with van der Waals surface area (Å²) in [6, 6.07) is 8.49. The first-order valence-corrected chi connectivity index (χ1v) is 7.49. The largest absolute Gasteiger partial charge is 0.488 e. The fourth-order valence-corrected chi connectivity index (χ4v) is 2.70. The molecule has 0 spiro atoms. The lowest BCUT2D eigenvalue weighted by Gasteiger charge is -2.37. The van der Waals surface area contributed by atoms with Crippen molar-refractivity contribution in [3.8, 4) is 5.75 Å². The summed E-state index contributed by atoms with van der Waals surface area (Å²) in [6.45, 7) is 2.13. The van der Waals surface area contributed by atoms with Crippen molar-refractivity contribution in [1.29, 1.82) is 0 Å². The number of fused-ring (bicyclic) bond motifs is 1. The topological polar surface area (TPSA) is 82.9 Å². The minimum absolute atomic E-state index is 0.106. The van der Waals surface area contributed by atoms with Gasteiger partial charge in [0.1, 0.15) is 18.0 Å². The van der Waals surface area contributed by atoms with Gasteiger partial charge in [0.2, 0.25) is 0 Å². The molecule has 1 aromatic heterocycles. The number of hydrogen-bond donors (Lipinski definition) is 2. The van der Waals surface area contributed by atoms with Crippen molar-refractivity contribution < 1.29 is 19.7 Å². The molecular weight excluding hydrogens is 296 g/mol. The summed E-state index contributed by atoms with van der Waals surface area (Å²) < 4.78 is 5.61. The lowest BCUT2D eigenvalue weighted by molar-refractivity contribution is 0.0690.